The molecule has 1 aromatic heterocycles. The van der Waals surface area contributed by atoms with Crippen LogP contribution in [0, 0.1) is 0 Å². The third-order valence-corrected chi connectivity index (χ3v) is 5.43. The van der Waals surface area contributed by atoms with Crippen molar-refractivity contribution in [2.45, 2.75) is 19.9 Å². The first-order valence-corrected chi connectivity index (χ1v) is 9.77. The number of nitrogens with zero attached hydrogens (tertiary/aromatic N) is 1. The van der Waals surface area contributed by atoms with E-state index in [2.05, 4.69) is 12.1 Å². The van der Waals surface area contributed by atoms with E-state index in [1.807, 2.05) is 54.3 Å². The van der Waals surface area contributed by atoms with Crippen LogP contribution in [0.3, 0.4) is 0 Å². The topological polar surface area (TPSA) is 51.9 Å². The van der Waals surface area contributed by atoms with Gasteiger partial charge in [0.25, 0.3) is 0 Å². The summed E-state index contributed by atoms with van der Waals surface area (Å²) in [4.78, 5) is 14.9. The molecule has 0 bridgehead atoms. The number of ether oxygens (including phenoxy) is 2. The smallest absolute Gasteiger partial charge is 0.231 e. The van der Waals surface area contributed by atoms with Gasteiger partial charge < -0.3 is 18.8 Å². The third kappa shape index (κ3) is 3.18. The van der Waals surface area contributed by atoms with Gasteiger partial charge in [0.05, 0.1) is 12.7 Å². The molecule has 0 atom stereocenters. The fraction of sp³-hybridized carbons (Fsp3) is 0.208. The monoisotopic (exact) mass is 387 g/mol. The molecule has 3 aromatic carbocycles. The molecule has 0 saturated carbocycles. The Hall–Kier alpha value is -3.47. The summed E-state index contributed by atoms with van der Waals surface area (Å²) in [5.41, 5.74) is 2.75. The van der Waals surface area contributed by atoms with Gasteiger partial charge in [0.1, 0.15) is 5.58 Å². The predicted octanol–water partition coefficient (Wildman–Crippen LogP) is 4.91. The first-order chi connectivity index (χ1) is 14.2. The molecule has 0 N–H and O–H groups in total. The van der Waals surface area contributed by atoms with E-state index in [0.717, 1.165) is 44.4 Å². The number of carbonyl (C=O) groups is 1. The van der Waals surface area contributed by atoms with Crippen LogP contribution in [0.2, 0.25) is 0 Å². The predicted molar refractivity (Wildman–Crippen MR) is 111 cm³/mol. The van der Waals surface area contributed by atoms with Crippen molar-refractivity contribution in [2.24, 2.45) is 0 Å². The Morgan fingerprint density at radius 1 is 1.03 bits per heavy atom. The van der Waals surface area contributed by atoms with E-state index in [1.54, 1.807) is 6.26 Å². The van der Waals surface area contributed by atoms with Gasteiger partial charge in [-0.15, -0.1) is 0 Å². The molecule has 0 fully saturated rings. The standard InChI is InChI=1S/C24H21NO4/c1-2-25(13-16-7-9-20-22(11-16)29-15-28-20)23(26)12-18-14-27-21-10-8-17-5-3-4-6-19(17)24(18)21/h3-11,14H,2,12-13,15H2,1H3. The van der Waals surface area contributed by atoms with Crippen molar-refractivity contribution >= 4 is 27.6 Å². The lowest BCUT2D eigenvalue weighted by Gasteiger charge is -2.21. The molecule has 1 amide bonds. The van der Waals surface area contributed by atoms with Crippen LogP contribution < -0.4 is 9.47 Å². The van der Waals surface area contributed by atoms with Gasteiger partial charge in [0.15, 0.2) is 11.5 Å². The van der Waals surface area contributed by atoms with E-state index in [-0.39, 0.29) is 12.7 Å². The van der Waals surface area contributed by atoms with Crippen molar-refractivity contribution in [1.29, 1.82) is 0 Å². The summed E-state index contributed by atoms with van der Waals surface area (Å²) in [5, 5.41) is 3.28. The average molecular weight is 387 g/mol. The maximum atomic E-state index is 13.1. The number of hydrogen-bond donors (Lipinski definition) is 0. The molecule has 5 heteroatoms. The van der Waals surface area contributed by atoms with Gasteiger partial charge in [-0.3, -0.25) is 4.79 Å². The minimum atomic E-state index is 0.0702. The van der Waals surface area contributed by atoms with Crippen LogP contribution in [0.4, 0.5) is 0 Å². The molecule has 1 aliphatic heterocycles. The number of fused-ring (bicyclic) bond motifs is 4. The van der Waals surface area contributed by atoms with E-state index >= 15 is 0 Å². The molecule has 0 aliphatic carbocycles. The van der Waals surface area contributed by atoms with Crippen LogP contribution in [0.1, 0.15) is 18.1 Å². The molecule has 0 saturated heterocycles. The number of hydrogen-bond acceptors (Lipinski definition) is 4. The van der Waals surface area contributed by atoms with Gasteiger partial charge in [-0.1, -0.05) is 36.4 Å². The summed E-state index contributed by atoms with van der Waals surface area (Å²) in [7, 11) is 0. The summed E-state index contributed by atoms with van der Waals surface area (Å²) < 4.78 is 16.6. The fourth-order valence-corrected chi connectivity index (χ4v) is 3.92. The van der Waals surface area contributed by atoms with Crippen molar-refractivity contribution in [3.63, 3.8) is 0 Å². The van der Waals surface area contributed by atoms with Crippen molar-refractivity contribution < 1.29 is 18.7 Å². The van der Waals surface area contributed by atoms with Gasteiger partial charge in [-0.05, 0) is 41.5 Å². The van der Waals surface area contributed by atoms with E-state index in [9.17, 15) is 4.79 Å². The highest BCUT2D eigenvalue weighted by Gasteiger charge is 2.19. The fourth-order valence-electron chi connectivity index (χ4n) is 3.92. The number of amides is 1. The molecule has 1 aliphatic rings. The maximum Gasteiger partial charge on any atom is 0.231 e. The molecule has 2 heterocycles. The second-order valence-electron chi connectivity index (χ2n) is 7.19. The van der Waals surface area contributed by atoms with Crippen molar-refractivity contribution in [3.05, 3.63) is 72.0 Å². The van der Waals surface area contributed by atoms with Gasteiger partial charge in [0, 0.05) is 24.0 Å². The molecule has 29 heavy (non-hydrogen) atoms. The lowest BCUT2D eigenvalue weighted by Crippen LogP contribution is -2.31. The first-order valence-electron chi connectivity index (χ1n) is 9.77. The van der Waals surface area contributed by atoms with E-state index in [4.69, 9.17) is 13.9 Å². The quantitative estimate of drug-likeness (QED) is 0.488. The second kappa shape index (κ2) is 7.17. The molecule has 0 radical (unpaired) electrons. The lowest BCUT2D eigenvalue weighted by molar-refractivity contribution is -0.130. The van der Waals surface area contributed by atoms with Crippen molar-refractivity contribution in [3.8, 4) is 11.5 Å². The van der Waals surface area contributed by atoms with Crippen LogP contribution in [0.25, 0.3) is 21.7 Å². The van der Waals surface area contributed by atoms with Crippen LogP contribution in [-0.2, 0) is 17.8 Å². The van der Waals surface area contributed by atoms with E-state index < -0.39 is 0 Å². The highest BCUT2D eigenvalue weighted by Crippen LogP contribution is 2.33. The van der Waals surface area contributed by atoms with Gasteiger partial charge >= 0.3 is 0 Å². The largest absolute Gasteiger partial charge is 0.464 e. The highest BCUT2D eigenvalue weighted by atomic mass is 16.7. The molecule has 5 nitrogen and oxygen atoms in total. The average Bonchev–Trinajstić information content (AvgIpc) is 3.38. The van der Waals surface area contributed by atoms with Gasteiger partial charge in [0.2, 0.25) is 12.7 Å². The molecular formula is C24H21NO4. The summed E-state index contributed by atoms with van der Waals surface area (Å²) >= 11 is 0. The number of furan rings is 1. The Balaban J connectivity index is 1.41. The Labute approximate surface area is 168 Å². The maximum absolute atomic E-state index is 13.1. The van der Waals surface area contributed by atoms with Crippen LogP contribution in [-0.4, -0.2) is 24.1 Å². The minimum Gasteiger partial charge on any atom is -0.464 e. The zero-order valence-electron chi connectivity index (χ0n) is 16.2. The third-order valence-electron chi connectivity index (χ3n) is 5.43. The number of rotatable bonds is 5. The Bertz CT molecular complexity index is 1210. The second-order valence-corrected chi connectivity index (χ2v) is 7.19. The zero-order valence-corrected chi connectivity index (χ0v) is 16.2. The van der Waals surface area contributed by atoms with E-state index in [0.29, 0.717) is 19.5 Å². The Morgan fingerprint density at radius 3 is 2.79 bits per heavy atom. The normalized spacial score (nSPS) is 12.6. The molecule has 146 valence electrons. The molecular weight excluding hydrogens is 366 g/mol. The number of benzene rings is 3. The Morgan fingerprint density at radius 2 is 1.90 bits per heavy atom. The highest BCUT2D eigenvalue weighted by molar-refractivity contribution is 6.08. The van der Waals surface area contributed by atoms with Gasteiger partial charge in [-0.25, -0.2) is 0 Å². The van der Waals surface area contributed by atoms with Crippen LogP contribution >= 0.6 is 0 Å². The number of likely N-dealkylation sites (N-methyl/N-ethyl adjacent to an activating group) is 1. The summed E-state index contributed by atoms with van der Waals surface area (Å²) in [6.45, 7) is 3.40. The summed E-state index contributed by atoms with van der Waals surface area (Å²) in [5.74, 6) is 1.55. The number of carbonyl (C=O) groups excluding carboxylic acids is 1. The zero-order chi connectivity index (χ0) is 19.8. The van der Waals surface area contributed by atoms with Crippen LogP contribution in [0.15, 0.2) is 65.3 Å². The Kier molecular flexibility index (Phi) is 4.35. The molecule has 0 unspecified atom stereocenters. The summed E-state index contributed by atoms with van der Waals surface area (Å²) in [6, 6.07) is 18.0. The first kappa shape index (κ1) is 17.6. The SMILES string of the molecule is CCN(Cc1ccc2c(c1)OCO2)C(=O)Cc1coc2ccc3ccccc3c12. The van der Waals surface area contributed by atoms with Gasteiger partial charge in [-0.2, -0.15) is 0 Å². The molecule has 0 spiro atoms. The van der Waals surface area contributed by atoms with E-state index in [1.165, 1.54) is 0 Å². The summed E-state index contributed by atoms with van der Waals surface area (Å²) in [6.07, 6.45) is 2.02. The van der Waals surface area contributed by atoms with Crippen molar-refractivity contribution in [2.75, 3.05) is 13.3 Å². The minimum absolute atomic E-state index is 0.0702. The van der Waals surface area contributed by atoms with Crippen LogP contribution in [0.5, 0.6) is 11.5 Å². The molecule has 4 aromatic rings. The lowest BCUT2D eigenvalue weighted by atomic mass is 10.0. The molecule has 5 rings (SSSR count). The van der Waals surface area contributed by atoms with Crippen molar-refractivity contribution in [1.82, 2.24) is 4.90 Å².